The molecule has 2 N–H and O–H groups in total. The summed E-state index contributed by atoms with van der Waals surface area (Å²) in [5.41, 5.74) is -0.862. The quantitative estimate of drug-likeness (QED) is 0.576. The van der Waals surface area contributed by atoms with Crippen LogP contribution in [0.5, 0.6) is 0 Å². The van der Waals surface area contributed by atoms with Crippen LogP contribution in [-0.2, 0) is 14.3 Å². The average Bonchev–Trinajstić information content (AvgIpc) is 2.17. The first-order chi connectivity index (χ1) is 6.60. The summed E-state index contributed by atoms with van der Waals surface area (Å²) in [6.07, 6.45) is 0.173. The summed E-state index contributed by atoms with van der Waals surface area (Å²) in [7, 11) is 1.33. The van der Waals surface area contributed by atoms with E-state index in [-0.39, 0.29) is 18.2 Å². The van der Waals surface area contributed by atoms with Crippen molar-refractivity contribution >= 4 is 11.8 Å². The first-order valence-corrected chi connectivity index (χ1v) is 4.64. The van der Waals surface area contributed by atoms with E-state index >= 15 is 0 Å². The molecule has 0 bridgehead atoms. The van der Waals surface area contributed by atoms with Gasteiger partial charge in [0.2, 0.25) is 0 Å². The lowest BCUT2D eigenvalue weighted by Gasteiger charge is -2.35. The van der Waals surface area contributed by atoms with Crippen molar-refractivity contribution in [1.29, 1.82) is 0 Å². The molecule has 0 saturated carbocycles. The molecule has 0 amide bonds. The second-order valence-corrected chi connectivity index (χ2v) is 3.56. The van der Waals surface area contributed by atoms with Gasteiger partial charge >= 0.3 is 5.97 Å². The van der Waals surface area contributed by atoms with Crippen molar-refractivity contribution < 1.29 is 14.3 Å². The molecule has 5 heteroatoms. The molecule has 0 aliphatic carbocycles. The highest BCUT2D eigenvalue weighted by Crippen LogP contribution is 2.14. The average molecular weight is 200 g/mol. The molecule has 1 unspecified atom stereocenters. The predicted molar refractivity (Wildman–Crippen MR) is 50.9 cm³/mol. The molecule has 1 aliphatic heterocycles. The van der Waals surface area contributed by atoms with Crippen LogP contribution in [-0.4, -0.2) is 44.0 Å². The van der Waals surface area contributed by atoms with E-state index in [1.54, 1.807) is 0 Å². The van der Waals surface area contributed by atoms with Gasteiger partial charge in [-0.1, -0.05) is 0 Å². The first-order valence-electron chi connectivity index (χ1n) is 4.64. The van der Waals surface area contributed by atoms with Gasteiger partial charge in [-0.05, 0) is 6.92 Å². The standard InChI is InChI=1S/C9H16N2O3/c1-7(12)5-9(8(13)14-2)6-10-3-4-11-9/h10-11H,3-6H2,1-2H3. The third kappa shape index (κ3) is 2.30. The molecule has 80 valence electrons. The van der Waals surface area contributed by atoms with Crippen LogP contribution in [0.15, 0.2) is 0 Å². The Hall–Kier alpha value is -0.940. The zero-order valence-corrected chi connectivity index (χ0v) is 8.55. The second-order valence-electron chi connectivity index (χ2n) is 3.56. The van der Waals surface area contributed by atoms with E-state index in [0.29, 0.717) is 13.1 Å². The van der Waals surface area contributed by atoms with Gasteiger partial charge in [0, 0.05) is 26.1 Å². The molecule has 14 heavy (non-hydrogen) atoms. The van der Waals surface area contributed by atoms with Crippen LogP contribution in [0.4, 0.5) is 0 Å². The summed E-state index contributed by atoms with van der Waals surface area (Å²) in [5, 5.41) is 6.14. The summed E-state index contributed by atoms with van der Waals surface area (Å²) in [4.78, 5) is 22.6. The van der Waals surface area contributed by atoms with Gasteiger partial charge in [0.05, 0.1) is 7.11 Å². The van der Waals surface area contributed by atoms with Crippen molar-refractivity contribution in [2.24, 2.45) is 0 Å². The van der Waals surface area contributed by atoms with Crippen molar-refractivity contribution in [1.82, 2.24) is 10.6 Å². The number of hydrogen-bond acceptors (Lipinski definition) is 5. The maximum atomic E-state index is 11.5. The largest absolute Gasteiger partial charge is 0.468 e. The number of hydrogen-bond donors (Lipinski definition) is 2. The number of ketones is 1. The van der Waals surface area contributed by atoms with Crippen molar-refractivity contribution in [3.63, 3.8) is 0 Å². The van der Waals surface area contributed by atoms with Crippen LogP contribution >= 0.6 is 0 Å². The maximum Gasteiger partial charge on any atom is 0.327 e. The number of rotatable bonds is 3. The molecular formula is C9H16N2O3. The summed E-state index contributed by atoms with van der Waals surface area (Å²) in [5.74, 6) is -0.397. The number of ether oxygens (including phenoxy) is 1. The molecule has 0 radical (unpaired) electrons. The number of Topliss-reactive ketones (excluding diaryl/α,β-unsaturated/α-hetero) is 1. The molecular weight excluding hydrogens is 184 g/mol. The van der Waals surface area contributed by atoms with E-state index in [2.05, 4.69) is 10.6 Å². The van der Waals surface area contributed by atoms with E-state index in [1.165, 1.54) is 14.0 Å². The van der Waals surface area contributed by atoms with Crippen molar-refractivity contribution in [3.05, 3.63) is 0 Å². The van der Waals surface area contributed by atoms with E-state index in [0.717, 1.165) is 6.54 Å². The molecule has 0 aromatic carbocycles. The van der Waals surface area contributed by atoms with Gasteiger partial charge in [0.15, 0.2) is 0 Å². The number of piperazine rings is 1. The number of carbonyl (C=O) groups is 2. The molecule has 5 nitrogen and oxygen atoms in total. The molecule has 0 aromatic heterocycles. The van der Waals surface area contributed by atoms with Gasteiger partial charge in [-0.15, -0.1) is 0 Å². The Kier molecular flexibility index (Phi) is 3.60. The summed E-state index contributed by atoms with van der Waals surface area (Å²) in [6, 6.07) is 0. The molecule has 1 heterocycles. The van der Waals surface area contributed by atoms with Crippen molar-refractivity contribution in [2.75, 3.05) is 26.7 Å². The Bertz CT molecular complexity index is 234. The molecule has 1 rings (SSSR count). The fourth-order valence-electron chi connectivity index (χ4n) is 1.72. The summed E-state index contributed by atoms with van der Waals surface area (Å²) in [6.45, 7) is 3.39. The number of nitrogens with one attached hydrogen (secondary N) is 2. The first kappa shape index (κ1) is 11.1. The van der Waals surface area contributed by atoms with Crippen molar-refractivity contribution in [2.45, 2.75) is 18.9 Å². The highest BCUT2D eigenvalue weighted by atomic mass is 16.5. The Morgan fingerprint density at radius 3 is 2.57 bits per heavy atom. The van der Waals surface area contributed by atoms with Gasteiger partial charge in [-0.2, -0.15) is 0 Å². The van der Waals surface area contributed by atoms with Crippen LogP contribution in [0.25, 0.3) is 0 Å². The minimum Gasteiger partial charge on any atom is -0.468 e. The molecule has 1 atom stereocenters. The Morgan fingerprint density at radius 2 is 2.14 bits per heavy atom. The Morgan fingerprint density at radius 1 is 1.43 bits per heavy atom. The predicted octanol–water partition coefficient (Wildman–Crippen LogP) is -0.930. The molecule has 1 fully saturated rings. The number of carbonyl (C=O) groups excluding carboxylic acids is 2. The van der Waals surface area contributed by atoms with E-state index < -0.39 is 5.54 Å². The van der Waals surface area contributed by atoms with Gasteiger partial charge in [-0.25, -0.2) is 4.79 Å². The third-order valence-electron chi connectivity index (χ3n) is 2.32. The Labute approximate surface area is 83.2 Å². The second kappa shape index (κ2) is 4.52. The molecule has 1 aliphatic rings. The monoisotopic (exact) mass is 200 g/mol. The van der Waals surface area contributed by atoms with Crippen molar-refractivity contribution in [3.8, 4) is 0 Å². The van der Waals surface area contributed by atoms with Crippen LogP contribution in [0.3, 0.4) is 0 Å². The fraction of sp³-hybridized carbons (Fsp3) is 0.778. The minimum absolute atomic E-state index is 0.0217. The van der Waals surface area contributed by atoms with Crippen LogP contribution < -0.4 is 10.6 Å². The highest BCUT2D eigenvalue weighted by molar-refractivity contribution is 5.89. The van der Waals surface area contributed by atoms with Gasteiger partial charge in [-0.3, -0.25) is 10.1 Å². The van der Waals surface area contributed by atoms with Crippen LogP contribution in [0.1, 0.15) is 13.3 Å². The highest BCUT2D eigenvalue weighted by Gasteiger charge is 2.41. The van der Waals surface area contributed by atoms with Gasteiger partial charge < -0.3 is 10.1 Å². The Balaban J connectivity index is 2.76. The van der Waals surface area contributed by atoms with Crippen LogP contribution in [0, 0.1) is 0 Å². The fourth-order valence-corrected chi connectivity index (χ4v) is 1.72. The minimum atomic E-state index is -0.862. The number of methoxy groups -OCH3 is 1. The lowest BCUT2D eigenvalue weighted by molar-refractivity contribution is -0.150. The van der Waals surface area contributed by atoms with Gasteiger partial charge in [0.1, 0.15) is 11.3 Å². The van der Waals surface area contributed by atoms with Crippen LogP contribution in [0.2, 0.25) is 0 Å². The van der Waals surface area contributed by atoms with E-state index in [1.807, 2.05) is 0 Å². The lowest BCUT2D eigenvalue weighted by Crippen LogP contribution is -2.64. The zero-order valence-electron chi connectivity index (χ0n) is 8.55. The normalized spacial score (nSPS) is 27.0. The zero-order chi connectivity index (χ0) is 10.6. The summed E-state index contributed by atoms with van der Waals surface area (Å²) < 4.78 is 4.70. The van der Waals surface area contributed by atoms with Gasteiger partial charge in [0.25, 0.3) is 0 Å². The maximum absolute atomic E-state index is 11.5. The lowest BCUT2D eigenvalue weighted by atomic mass is 9.91. The SMILES string of the molecule is COC(=O)C1(CC(C)=O)CNCCN1. The van der Waals surface area contributed by atoms with E-state index in [4.69, 9.17) is 4.74 Å². The molecule has 0 aromatic rings. The van der Waals surface area contributed by atoms with E-state index in [9.17, 15) is 9.59 Å². The molecule has 1 saturated heterocycles. The third-order valence-corrected chi connectivity index (χ3v) is 2.32. The molecule has 0 spiro atoms. The smallest absolute Gasteiger partial charge is 0.327 e. The summed E-state index contributed by atoms with van der Waals surface area (Å²) >= 11 is 0. The topological polar surface area (TPSA) is 67.4 Å². The number of esters is 1.